The van der Waals surface area contributed by atoms with Crippen LogP contribution >= 0.6 is 0 Å². The predicted molar refractivity (Wildman–Crippen MR) is 73.9 cm³/mol. The molecule has 1 atom stereocenters. The second-order valence-corrected chi connectivity index (χ2v) is 4.59. The summed E-state index contributed by atoms with van der Waals surface area (Å²) in [5.41, 5.74) is 1.08. The molecule has 0 saturated carbocycles. The summed E-state index contributed by atoms with van der Waals surface area (Å²) < 4.78 is 0. The molecule has 0 aliphatic heterocycles. The third-order valence-corrected chi connectivity index (χ3v) is 2.96. The van der Waals surface area contributed by atoms with E-state index in [9.17, 15) is 9.59 Å². The molecule has 0 bridgehead atoms. The molecular formula is C15H21NO3. The van der Waals surface area contributed by atoms with Crippen molar-refractivity contribution in [1.82, 2.24) is 5.32 Å². The first-order valence-corrected chi connectivity index (χ1v) is 6.69. The average Bonchev–Trinajstić information content (AvgIpc) is 2.42. The summed E-state index contributed by atoms with van der Waals surface area (Å²) in [6.07, 6.45) is 3.17. The quantitative estimate of drug-likeness (QED) is 0.756. The second kappa shape index (κ2) is 8.29. The molecular weight excluding hydrogens is 242 g/mol. The van der Waals surface area contributed by atoms with Crippen LogP contribution in [0.1, 0.15) is 38.2 Å². The molecule has 0 aliphatic rings. The zero-order chi connectivity index (χ0) is 14.1. The van der Waals surface area contributed by atoms with E-state index in [4.69, 9.17) is 5.11 Å². The number of amides is 1. The zero-order valence-corrected chi connectivity index (χ0v) is 11.3. The van der Waals surface area contributed by atoms with E-state index in [1.54, 1.807) is 0 Å². The molecule has 2 N–H and O–H groups in total. The zero-order valence-electron chi connectivity index (χ0n) is 11.3. The van der Waals surface area contributed by atoms with Crippen LogP contribution in [0.2, 0.25) is 0 Å². The molecule has 0 radical (unpaired) electrons. The standard InChI is InChI=1S/C15H21NO3/c1-2-3-9-14(17)16-13(15(18)19)11-10-12-7-5-4-6-8-12/h4-8,13H,2-3,9-11H2,1H3,(H,16,17)(H,18,19). The van der Waals surface area contributed by atoms with E-state index in [2.05, 4.69) is 5.32 Å². The first-order valence-electron chi connectivity index (χ1n) is 6.69. The Morgan fingerprint density at radius 3 is 2.53 bits per heavy atom. The SMILES string of the molecule is CCCCC(=O)NC(CCc1ccccc1)C(=O)O. The van der Waals surface area contributed by atoms with Crippen molar-refractivity contribution < 1.29 is 14.7 Å². The number of nitrogens with one attached hydrogen (secondary N) is 1. The molecule has 0 fully saturated rings. The third kappa shape index (κ3) is 6.04. The summed E-state index contributed by atoms with van der Waals surface area (Å²) in [5, 5.41) is 11.7. The minimum absolute atomic E-state index is 0.178. The Balaban J connectivity index is 2.45. The number of hydrogen-bond acceptors (Lipinski definition) is 2. The summed E-state index contributed by atoms with van der Waals surface area (Å²) in [5.74, 6) is -1.15. The van der Waals surface area contributed by atoms with E-state index in [1.807, 2.05) is 37.3 Å². The highest BCUT2D eigenvalue weighted by atomic mass is 16.4. The number of carbonyl (C=O) groups excluding carboxylic acids is 1. The molecule has 1 aromatic rings. The molecule has 1 rings (SSSR count). The molecule has 0 aliphatic carbocycles. The Labute approximate surface area is 113 Å². The Kier molecular flexibility index (Phi) is 6.64. The minimum Gasteiger partial charge on any atom is -0.480 e. The van der Waals surface area contributed by atoms with Crippen LogP contribution in [0.25, 0.3) is 0 Å². The number of hydrogen-bond donors (Lipinski definition) is 2. The van der Waals surface area contributed by atoms with Gasteiger partial charge in [0.25, 0.3) is 0 Å². The summed E-state index contributed by atoms with van der Waals surface area (Å²) in [4.78, 5) is 22.7. The van der Waals surface area contributed by atoms with Crippen molar-refractivity contribution in [3.63, 3.8) is 0 Å². The van der Waals surface area contributed by atoms with Crippen molar-refractivity contribution >= 4 is 11.9 Å². The van der Waals surface area contributed by atoms with Gasteiger partial charge in [0.15, 0.2) is 0 Å². The maximum Gasteiger partial charge on any atom is 0.326 e. The van der Waals surface area contributed by atoms with E-state index in [-0.39, 0.29) is 5.91 Å². The lowest BCUT2D eigenvalue weighted by Crippen LogP contribution is -2.41. The van der Waals surface area contributed by atoms with Gasteiger partial charge < -0.3 is 10.4 Å². The maximum atomic E-state index is 11.6. The van der Waals surface area contributed by atoms with Gasteiger partial charge in [-0.25, -0.2) is 4.79 Å². The van der Waals surface area contributed by atoms with Gasteiger partial charge in [-0.15, -0.1) is 0 Å². The first-order chi connectivity index (χ1) is 9.13. The topological polar surface area (TPSA) is 66.4 Å². The van der Waals surface area contributed by atoms with Crippen LogP contribution < -0.4 is 5.32 Å². The second-order valence-electron chi connectivity index (χ2n) is 4.59. The van der Waals surface area contributed by atoms with Crippen molar-refractivity contribution in [1.29, 1.82) is 0 Å². The van der Waals surface area contributed by atoms with Gasteiger partial charge in [0.1, 0.15) is 6.04 Å². The molecule has 0 spiro atoms. The van der Waals surface area contributed by atoms with E-state index in [0.717, 1.165) is 18.4 Å². The van der Waals surface area contributed by atoms with Crippen LogP contribution in [-0.2, 0) is 16.0 Å². The number of carbonyl (C=O) groups is 2. The van der Waals surface area contributed by atoms with Gasteiger partial charge in [0, 0.05) is 6.42 Å². The van der Waals surface area contributed by atoms with E-state index < -0.39 is 12.0 Å². The minimum atomic E-state index is -0.972. The van der Waals surface area contributed by atoms with Crippen molar-refractivity contribution in [2.45, 2.75) is 45.1 Å². The van der Waals surface area contributed by atoms with Gasteiger partial charge in [-0.1, -0.05) is 43.7 Å². The molecule has 0 aromatic heterocycles. The molecule has 1 unspecified atom stereocenters. The highest BCUT2D eigenvalue weighted by Crippen LogP contribution is 2.06. The maximum absolute atomic E-state index is 11.6. The van der Waals surface area contributed by atoms with Gasteiger partial charge >= 0.3 is 5.97 Å². The number of aliphatic carboxylic acids is 1. The molecule has 0 saturated heterocycles. The summed E-state index contributed by atoms with van der Waals surface area (Å²) >= 11 is 0. The predicted octanol–water partition coefficient (Wildman–Crippen LogP) is 2.38. The summed E-state index contributed by atoms with van der Waals surface area (Å²) in [7, 11) is 0. The van der Waals surface area contributed by atoms with Crippen molar-refractivity contribution in [2.24, 2.45) is 0 Å². The lowest BCUT2D eigenvalue weighted by molar-refractivity contribution is -0.142. The van der Waals surface area contributed by atoms with Gasteiger partial charge in [-0.2, -0.15) is 0 Å². The fourth-order valence-corrected chi connectivity index (χ4v) is 1.82. The largest absolute Gasteiger partial charge is 0.480 e. The number of aryl methyl sites for hydroxylation is 1. The van der Waals surface area contributed by atoms with Crippen molar-refractivity contribution in [3.8, 4) is 0 Å². The molecule has 1 aromatic carbocycles. The fraction of sp³-hybridized carbons (Fsp3) is 0.467. The van der Waals surface area contributed by atoms with Gasteiger partial charge in [0.2, 0.25) is 5.91 Å². The Morgan fingerprint density at radius 2 is 1.95 bits per heavy atom. The summed E-state index contributed by atoms with van der Waals surface area (Å²) in [6, 6.07) is 8.88. The summed E-state index contributed by atoms with van der Waals surface area (Å²) in [6.45, 7) is 2.00. The van der Waals surface area contributed by atoms with Crippen LogP contribution in [0.5, 0.6) is 0 Å². The third-order valence-electron chi connectivity index (χ3n) is 2.96. The first kappa shape index (κ1) is 15.2. The van der Waals surface area contributed by atoms with E-state index >= 15 is 0 Å². The molecule has 104 valence electrons. The van der Waals surface area contributed by atoms with Crippen molar-refractivity contribution in [2.75, 3.05) is 0 Å². The van der Waals surface area contributed by atoms with Crippen LogP contribution in [0.4, 0.5) is 0 Å². The normalized spacial score (nSPS) is 11.8. The molecule has 1 amide bonds. The van der Waals surface area contributed by atoms with E-state index in [0.29, 0.717) is 19.3 Å². The number of unbranched alkanes of at least 4 members (excludes halogenated alkanes) is 1. The van der Waals surface area contributed by atoms with Crippen LogP contribution in [0, 0.1) is 0 Å². The van der Waals surface area contributed by atoms with Gasteiger partial charge in [-0.05, 0) is 24.8 Å². The fourth-order valence-electron chi connectivity index (χ4n) is 1.82. The number of carboxylic acids is 1. The van der Waals surface area contributed by atoms with Crippen LogP contribution in [0.3, 0.4) is 0 Å². The number of carboxylic acid groups (broad SMARTS) is 1. The van der Waals surface area contributed by atoms with Crippen molar-refractivity contribution in [3.05, 3.63) is 35.9 Å². The molecule has 4 nitrogen and oxygen atoms in total. The van der Waals surface area contributed by atoms with Gasteiger partial charge in [-0.3, -0.25) is 4.79 Å². The van der Waals surface area contributed by atoms with Crippen LogP contribution in [0.15, 0.2) is 30.3 Å². The lowest BCUT2D eigenvalue weighted by atomic mass is 10.1. The number of rotatable bonds is 8. The average molecular weight is 263 g/mol. The lowest BCUT2D eigenvalue weighted by Gasteiger charge is -2.14. The Morgan fingerprint density at radius 1 is 1.26 bits per heavy atom. The molecule has 4 heteroatoms. The Bertz CT molecular complexity index is 403. The molecule has 19 heavy (non-hydrogen) atoms. The van der Waals surface area contributed by atoms with E-state index in [1.165, 1.54) is 0 Å². The smallest absolute Gasteiger partial charge is 0.326 e. The number of benzene rings is 1. The Hall–Kier alpha value is -1.84. The van der Waals surface area contributed by atoms with Gasteiger partial charge in [0.05, 0.1) is 0 Å². The highest BCUT2D eigenvalue weighted by molar-refractivity contribution is 5.83. The van der Waals surface area contributed by atoms with Crippen LogP contribution in [-0.4, -0.2) is 23.0 Å². The monoisotopic (exact) mass is 263 g/mol. The molecule has 0 heterocycles. The highest BCUT2D eigenvalue weighted by Gasteiger charge is 2.19.